The molecule has 11 heteroatoms. The molecule has 0 aliphatic heterocycles. The second-order valence-electron chi connectivity index (χ2n) is 8.36. The maximum Gasteiger partial charge on any atom is 0.345 e. The number of aromatic nitrogens is 1. The van der Waals surface area contributed by atoms with Crippen molar-refractivity contribution in [1.82, 2.24) is 0 Å². The Balaban J connectivity index is 1.89. The van der Waals surface area contributed by atoms with Gasteiger partial charge in [0.15, 0.2) is 6.54 Å². The molecule has 0 saturated heterocycles. The predicted octanol–water partition coefficient (Wildman–Crippen LogP) is 4.32. The summed E-state index contributed by atoms with van der Waals surface area (Å²) >= 11 is 0. The van der Waals surface area contributed by atoms with Gasteiger partial charge in [-0.3, -0.25) is 4.55 Å². The molecule has 0 saturated carbocycles. The van der Waals surface area contributed by atoms with Crippen molar-refractivity contribution in [3.05, 3.63) is 77.4 Å². The third-order valence-corrected chi connectivity index (χ3v) is 8.20. The van der Waals surface area contributed by atoms with Crippen LogP contribution >= 0.6 is 10.7 Å². The topological polar surface area (TPSA) is 119 Å². The van der Waals surface area contributed by atoms with E-state index in [1.807, 2.05) is 16.7 Å². The van der Waals surface area contributed by atoms with Gasteiger partial charge in [0.1, 0.15) is 5.75 Å². The standard InChI is InChI=1S/C25H22ClNO7S2/c1-16-12-13-22(36(26,32)33)17(2)24(16)34-25(28)23-18-8-3-5-10-20(18)27(14-7-15-35(29,30)31)21-11-6-4-9-19(21)23/h3-6,8-13H,7,14-15H2,1-2H3/p+1. The number of para-hydroxylation sites is 2. The van der Waals surface area contributed by atoms with E-state index < -0.39 is 30.9 Å². The Morgan fingerprint density at radius 2 is 1.47 bits per heavy atom. The highest BCUT2D eigenvalue weighted by atomic mass is 35.7. The number of hydrogen-bond donors (Lipinski definition) is 1. The van der Waals surface area contributed by atoms with Gasteiger partial charge >= 0.3 is 5.97 Å². The van der Waals surface area contributed by atoms with E-state index in [1.54, 1.807) is 43.3 Å². The number of pyridine rings is 1. The van der Waals surface area contributed by atoms with Crippen molar-refractivity contribution in [1.29, 1.82) is 0 Å². The zero-order chi connectivity index (χ0) is 26.3. The maximum atomic E-state index is 13.6. The van der Waals surface area contributed by atoms with E-state index in [4.69, 9.17) is 20.0 Å². The number of halogens is 1. The van der Waals surface area contributed by atoms with Crippen molar-refractivity contribution in [2.75, 3.05) is 5.75 Å². The van der Waals surface area contributed by atoms with Crippen LogP contribution in [-0.4, -0.2) is 33.1 Å². The van der Waals surface area contributed by atoms with Gasteiger partial charge in [-0.2, -0.15) is 13.0 Å². The molecule has 0 bridgehead atoms. The first-order valence-electron chi connectivity index (χ1n) is 10.9. The molecular formula is C25H23ClNO7S2+. The lowest BCUT2D eigenvalue weighted by Crippen LogP contribution is -2.37. The van der Waals surface area contributed by atoms with E-state index in [9.17, 15) is 21.6 Å². The summed E-state index contributed by atoms with van der Waals surface area (Å²) in [6.07, 6.45) is 0.166. The summed E-state index contributed by atoms with van der Waals surface area (Å²) in [5, 5.41) is 1.15. The fraction of sp³-hybridized carbons (Fsp3) is 0.200. The van der Waals surface area contributed by atoms with Crippen LogP contribution in [0.2, 0.25) is 0 Å². The zero-order valence-electron chi connectivity index (χ0n) is 19.4. The molecule has 4 rings (SSSR count). The third-order valence-electron chi connectivity index (χ3n) is 5.93. The number of benzene rings is 3. The lowest BCUT2D eigenvalue weighted by Gasteiger charge is -2.15. The van der Waals surface area contributed by atoms with Crippen molar-refractivity contribution in [2.45, 2.75) is 31.7 Å². The first kappa shape index (κ1) is 26.0. The van der Waals surface area contributed by atoms with Gasteiger partial charge in [-0.15, -0.1) is 0 Å². The Morgan fingerprint density at radius 1 is 0.917 bits per heavy atom. The number of rotatable bonds is 7. The Labute approximate surface area is 213 Å². The molecule has 188 valence electrons. The molecule has 0 unspecified atom stereocenters. The van der Waals surface area contributed by atoms with Crippen molar-refractivity contribution in [2.24, 2.45) is 0 Å². The molecule has 8 nitrogen and oxygen atoms in total. The van der Waals surface area contributed by atoms with Crippen LogP contribution in [0.15, 0.2) is 65.6 Å². The summed E-state index contributed by atoms with van der Waals surface area (Å²) in [5.74, 6) is -0.965. The number of nitrogens with zero attached hydrogens (tertiary/aromatic N) is 1. The van der Waals surface area contributed by atoms with Gasteiger partial charge in [0, 0.05) is 34.8 Å². The molecule has 0 aliphatic carbocycles. The lowest BCUT2D eigenvalue weighted by molar-refractivity contribution is -0.645. The maximum absolute atomic E-state index is 13.6. The fourth-order valence-electron chi connectivity index (χ4n) is 4.36. The molecular weight excluding hydrogens is 526 g/mol. The minimum absolute atomic E-state index is 0.111. The molecule has 0 atom stereocenters. The van der Waals surface area contributed by atoms with Crippen molar-refractivity contribution in [3.8, 4) is 5.75 Å². The highest BCUT2D eigenvalue weighted by Gasteiger charge is 2.27. The predicted molar refractivity (Wildman–Crippen MR) is 137 cm³/mol. The Hall–Kier alpha value is -3.05. The van der Waals surface area contributed by atoms with Crippen LogP contribution in [0.4, 0.5) is 0 Å². The number of carbonyl (C=O) groups excluding carboxylic acids is 1. The fourth-order valence-corrected chi connectivity index (χ4v) is 6.04. The summed E-state index contributed by atoms with van der Waals surface area (Å²) in [5.41, 5.74) is 2.41. The molecule has 0 aliphatic rings. The van der Waals surface area contributed by atoms with Crippen LogP contribution < -0.4 is 9.30 Å². The Kier molecular flexibility index (Phi) is 7.07. The molecule has 36 heavy (non-hydrogen) atoms. The van der Waals surface area contributed by atoms with Gasteiger partial charge in [0.25, 0.3) is 19.2 Å². The number of fused-ring (bicyclic) bond motifs is 2. The van der Waals surface area contributed by atoms with Crippen LogP contribution in [-0.2, 0) is 25.7 Å². The summed E-state index contributed by atoms with van der Waals surface area (Å²) in [6.45, 7) is 3.50. The number of esters is 1. The summed E-state index contributed by atoms with van der Waals surface area (Å²) in [4.78, 5) is 13.5. The zero-order valence-corrected chi connectivity index (χ0v) is 21.8. The van der Waals surface area contributed by atoms with Crippen LogP contribution in [0.3, 0.4) is 0 Å². The number of ether oxygens (including phenoxy) is 1. The lowest BCUT2D eigenvalue weighted by atomic mass is 10.0. The molecule has 1 aromatic heterocycles. The third kappa shape index (κ3) is 5.22. The van der Waals surface area contributed by atoms with Crippen molar-refractivity contribution < 1.29 is 35.5 Å². The van der Waals surface area contributed by atoms with Crippen LogP contribution in [0.25, 0.3) is 21.8 Å². The molecule has 0 amide bonds. The van der Waals surface area contributed by atoms with E-state index in [0.717, 1.165) is 0 Å². The minimum Gasteiger partial charge on any atom is -0.422 e. The van der Waals surface area contributed by atoms with Crippen LogP contribution in [0.5, 0.6) is 5.75 Å². The van der Waals surface area contributed by atoms with Gasteiger partial charge in [0.2, 0.25) is 11.0 Å². The van der Waals surface area contributed by atoms with Crippen molar-refractivity contribution >= 4 is 57.6 Å². The second kappa shape index (κ2) is 9.78. The first-order valence-corrected chi connectivity index (χ1v) is 14.9. The smallest absolute Gasteiger partial charge is 0.345 e. The van der Waals surface area contributed by atoms with E-state index in [-0.39, 0.29) is 34.7 Å². The Bertz CT molecular complexity index is 1680. The molecule has 0 radical (unpaired) electrons. The molecule has 3 aromatic carbocycles. The van der Waals surface area contributed by atoms with Crippen LogP contribution in [0.1, 0.15) is 27.9 Å². The normalized spacial score (nSPS) is 12.2. The second-order valence-corrected chi connectivity index (χ2v) is 12.5. The van der Waals surface area contributed by atoms with Gasteiger partial charge in [-0.25, -0.2) is 13.2 Å². The molecule has 0 spiro atoms. The molecule has 4 aromatic rings. The first-order chi connectivity index (χ1) is 16.9. The average Bonchev–Trinajstić information content (AvgIpc) is 2.79. The average molecular weight is 549 g/mol. The summed E-state index contributed by atoms with van der Waals surface area (Å²) in [7, 11) is -2.61. The van der Waals surface area contributed by atoms with Gasteiger partial charge in [0.05, 0.1) is 27.0 Å². The van der Waals surface area contributed by atoms with E-state index >= 15 is 0 Å². The van der Waals surface area contributed by atoms with E-state index in [0.29, 0.717) is 27.4 Å². The monoisotopic (exact) mass is 548 g/mol. The molecule has 1 heterocycles. The SMILES string of the molecule is Cc1ccc(S(=O)(=O)Cl)c(C)c1OC(=O)c1c2ccccc2[n+](CCCS(=O)(=O)O)c2ccccc12. The largest absolute Gasteiger partial charge is 0.422 e. The van der Waals surface area contributed by atoms with E-state index in [1.165, 1.54) is 19.1 Å². The molecule has 1 N–H and O–H groups in total. The minimum atomic E-state index is -4.12. The van der Waals surface area contributed by atoms with Crippen LogP contribution in [0, 0.1) is 13.8 Å². The molecule has 0 fully saturated rings. The Morgan fingerprint density at radius 3 is 2.00 bits per heavy atom. The highest BCUT2D eigenvalue weighted by Crippen LogP contribution is 2.33. The summed E-state index contributed by atoms with van der Waals surface area (Å²) < 4.78 is 63.3. The quantitative estimate of drug-likeness (QED) is 0.0912. The van der Waals surface area contributed by atoms with Crippen molar-refractivity contribution in [3.63, 3.8) is 0 Å². The number of aryl methyl sites for hydroxylation is 2. The number of carbonyl (C=O) groups is 1. The van der Waals surface area contributed by atoms with Gasteiger partial charge in [-0.05, 0) is 37.6 Å². The van der Waals surface area contributed by atoms with E-state index in [2.05, 4.69) is 0 Å². The number of hydrogen-bond acceptors (Lipinski definition) is 6. The highest BCUT2D eigenvalue weighted by molar-refractivity contribution is 8.13. The van der Waals surface area contributed by atoms with Gasteiger partial charge in [-0.1, -0.05) is 30.3 Å². The summed E-state index contributed by atoms with van der Waals surface area (Å²) in [6, 6.07) is 17.2. The van der Waals surface area contributed by atoms with Gasteiger partial charge < -0.3 is 4.74 Å².